The summed E-state index contributed by atoms with van der Waals surface area (Å²) in [7, 11) is 3.55. The maximum Gasteiger partial charge on any atom is 0.191 e. The second-order valence-corrected chi connectivity index (χ2v) is 6.82. The Morgan fingerprint density at radius 1 is 1.44 bits per heavy atom. The first-order valence-electron chi connectivity index (χ1n) is 9.07. The molecule has 0 radical (unpaired) electrons. The molecule has 1 aromatic heterocycles. The molecule has 27 heavy (non-hydrogen) atoms. The van der Waals surface area contributed by atoms with E-state index < -0.39 is 0 Å². The van der Waals surface area contributed by atoms with Gasteiger partial charge in [-0.25, -0.2) is 9.98 Å². The van der Waals surface area contributed by atoms with Gasteiger partial charge in [-0.05, 0) is 31.5 Å². The van der Waals surface area contributed by atoms with E-state index in [4.69, 9.17) is 16.3 Å². The fourth-order valence-corrected chi connectivity index (χ4v) is 3.30. The molecule has 2 N–H and O–H groups in total. The van der Waals surface area contributed by atoms with Gasteiger partial charge in [-0.3, -0.25) is 4.68 Å². The Balaban J connectivity index is 1.65. The molecule has 1 unspecified atom stereocenters. The number of benzene rings is 1. The molecule has 1 aliphatic rings. The summed E-state index contributed by atoms with van der Waals surface area (Å²) in [4.78, 5) is 11.1. The number of ether oxygens (including phenoxy) is 1. The van der Waals surface area contributed by atoms with Gasteiger partial charge in [-0.15, -0.1) is 0 Å². The Hall–Kier alpha value is -2.48. The fourth-order valence-electron chi connectivity index (χ4n) is 3.13. The predicted molar refractivity (Wildman–Crippen MR) is 108 cm³/mol. The molecule has 1 atom stereocenters. The number of halogens is 1. The normalized spacial score (nSPS) is 17.3. The predicted octanol–water partition coefficient (Wildman–Crippen LogP) is 1.81. The SMILES string of the molecule is CCNC(=NCc1ncnn1C)NC1CCN(c2cc(Cl)ccc2OC)C1. The molecule has 0 bridgehead atoms. The molecule has 0 saturated carbocycles. The lowest BCUT2D eigenvalue weighted by Crippen LogP contribution is -2.44. The summed E-state index contributed by atoms with van der Waals surface area (Å²) in [6, 6.07) is 5.99. The van der Waals surface area contributed by atoms with E-state index in [-0.39, 0.29) is 6.04 Å². The molecule has 1 aromatic carbocycles. The minimum atomic E-state index is 0.283. The lowest BCUT2D eigenvalue weighted by atomic mass is 10.2. The molecule has 1 aliphatic heterocycles. The number of hydrogen-bond acceptors (Lipinski definition) is 5. The maximum atomic E-state index is 6.18. The molecule has 3 rings (SSSR count). The van der Waals surface area contributed by atoms with Gasteiger partial charge in [0.15, 0.2) is 5.96 Å². The summed E-state index contributed by atoms with van der Waals surface area (Å²) in [5.74, 6) is 2.44. The first-order chi connectivity index (χ1) is 13.1. The minimum absolute atomic E-state index is 0.283. The van der Waals surface area contributed by atoms with Gasteiger partial charge in [0, 0.05) is 37.7 Å². The second-order valence-electron chi connectivity index (χ2n) is 6.39. The lowest BCUT2D eigenvalue weighted by molar-refractivity contribution is 0.415. The van der Waals surface area contributed by atoms with E-state index in [1.165, 1.54) is 0 Å². The number of nitrogens with one attached hydrogen (secondary N) is 2. The topological polar surface area (TPSA) is 79.6 Å². The highest BCUT2D eigenvalue weighted by Gasteiger charge is 2.25. The van der Waals surface area contributed by atoms with Crippen molar-refractivity contribution in [2.45, 2.75) is 25.9 Å². The van der Waals surface area contributed by atoms with E-state index >= 15 is 0 Å². The van der Waals surface area contributed by atoms with Crippen molar-refractivity contribution in [2.24, 2.45) is 12.0 Å². The van der Waals surface area contributed by atoms with Crippen molar-refractivity contribution in [2.75, 3.05) is 31.6 Å². The summed E-state index contributed by atoms with van der Waals surface area (Å²) in [5.41, 5.74) is 1.02. The number of aliphatic imine (C=N–C) groups is 1. The first-order valence-corrected chi connectivity index (χ1v) is 9.44. The average Bonchev–Trinajstić information content (AvgIpc) is 3.29. The monoisotopic (exact) mass is 391 g/mol. The highest BCUT2D eigenvalue weighted by Crippen LogP contribution is 2.33. The van der Waals surface area contributed by atoms with Gasteiger partial charge in [0.05, 0.1) is 12.8 Å². The largest absolute Gasteiger partial charge is 0.495 e. The highest BCUT2D eigenvalue weighted by molar-refractivity contribution is 6.30. The van der Waals surface area contributed by atoms with Crippen LogP contribution in [0.1, 0.15) is 19.2 Å². The van der Waals surface area contributed by atoms with Gasteiger partial charge in [0.2, 0.25) is 0 Å². The van der Waals surface area contributed by atoms with Gasteiger partial charge >= 0.3 is 0 Å². The summed E-state index contributed by atoms with van der Waals surface area (Å²) >= 11 is 6.18. The number of guanidine groups is 1. The van der Waals surface area contributed by atoms with Crippen LogP contribution in [0.25, 0.3) is 0 Å². The molecule has 9 heteroatoms. The number of rotatable bonds is 6. The minimum Gasteiger partial charge on any atom is -0.495 e. The van der Waals surface area contributed by atoms with E-state index in [1.54, 1.807) is 18.1 Å². The second kappa shape index (κ2) is 8.94. The molecule has 0 amide bonds. The van der Waals surface area contributed by atoms with Crippen LogP contribution in [0.2, 0.25) is 5.02 Å². The van der Waals surface area contributed by atoms with Crippen molar-refractivity contribution in [3.05, 3.63) is 35.4 Å². The van der Waals surface area contributed by atoms with Crippen LogP contribution in [0.15, 0.2) is 29.5 Å². The number of aryl methyl sites for hydroxylation is 1. The molecular formula is C18H26ClN7O. The fraction of sp³-hybridized carbons (Fsp3) is 0.500. The van der Waals surface area contributed by atoms with Crippen LogP contribution in [-0.2, 0) is 13.6 Å². The number of hydrogen-bond donors (Lipinski definition) is 2. The third-order valence-electron chi connectivity index (χ3n) is 4.54. The molecule has 8 nitrogen and oxygen atoms in total. The van der Waals surface area contributed by atoms with Crippen molar-refractivity contribution in [3.63, 3.8) is 0 Å². The van der Waals surface area contributed by atoms with E-state index in [0.717, 1.165) is 49.3 Å². The Morgan fingerprint density at radius 2 is 2.30 bits per heavy atom. The zero-order valence-corrected chi connectivity index (χ0v) is 16.7. The number of aromatic nitrogens is 3. The molecule has 0 aliphatic carbocycles. The van der Waals surface area contributed by atoms with Crippen LogP contribution < -0.4 is 20.3 Å². The van der Waals surface area contributed by atoms with Crippen molar-refractivity contribution in [1.29, 1.82) is 0 Å². The van der Waals surface area contributed by atoms with Gasteiger partial charge in [0.25, 0.3) is 0 Å². The van der Waals surface area contributed by atoms with Crippen molar-refractivity contribution in [1.82, 2.24) is 25.4 Å². The van der Waals surface area contributed by atoms with Crippen LogP contribution in [0.5, 0.6) is 5.75 Å². The Labute approximate surface area is 164 Å². The van der Waals surface area contributed by atoms with Crippen LogP contribution in [-0.4, -0.2) is 53.5 Å². The quantitative estimate of drug-likeness (QED) is 0.577. The molecule has 0 spiro atoms. The Morgan fingerprint density at radius 3 is 3.00 bits per heavy atom. The van der Waals surface area contributed by atoms with E-state index in [0.29, 0.717) is 11.6 Å². The average molecular weight is 392 g/mol. The molecular weight excluding hydrogens is 366 g/mol. The number of anilines is 1. The van der Waals surface area contributed by atoms with Crippen molar-refractivity contribution in [3.8, 4) is 5.75 Å². The van der Waals surface area contributed by atoms with Crippen molar-refractivity contribution >= 4 is 23.2 Å². The van der Waals surface area contributed by atoms with Crippen LogP contribution in [0.3, 0.4) is 0 Å². The van der Waals surface area contributed by atoms with Gasteiger partial charge in [0.1, 0.15) is 24.4 Å². The molecule has 1 saturated heterocycles. The van der Waals surface area contributed by atoms with Crippen LogP contribution in [0, 0.1) is 0 Å². The molecule has 2 heterocycles. The van der Waals surface area contributed by atoms with Gasteiger partial charge in [-0.1, -0.05) is 11.6 Å². The first kappa shape index (κ1) is 19.3. The Kier molecular flexibility index (Phi) is 6.39. The maximum absolute atomic E-state index is 6.18. The summed E-state index contributed by atoms with van der Waals surface area (Å²) < 4.78 is 7.22. The Bertz CT molecular complexity index is 792. The van der Waals surface area contributed by atoms with Gasteiger partial charge < -0.3 is 20.3 Å². The smallest absolute Gasteiger partial charge is 0.191 e. The van der Waals surface area contributed by atoms with Crippen LogP contribution in [0.4, 0.5) is 5.69 Å². The van der Waals surface area contributed by atoms with Crippen LogP contribution >= 0.6 is 11.6 Å². The molecule has 146 valence electrons. The number of methoxy groups -OCH3 is 1. The van der Waals surface area contributed by atoms with Gasteiger partial charge in [-0.2, -0.15) is 5.10 Å². The van der Waals surface area contributed by atoms with E-state index in [1.807, 2.05) is 25.2 Å². The zero-order chi connectivity index (χ0) is 19.2. The summed E-state index contributed by atoms with van der Waals surface area (Å²) in [5, 5.41) is 11.6. The number of nitrogens with zero attached hydrogens (tertiary/aromatic N) is 5. The molecule has 1 fully saturated rings. The van der Waals surface area contributed by atoms with E-state index in [2.05, 4.69) is 37.5 Å². The van der Waals surface area contributed by atoms with Crippen molar-refractivity contribution < 1.29 is 4.74 Å². The zero-order valence-electron chi connectivity index (χ0n) is 15.9. The standard InChI is InChI=1S/C18H26ClN7O/c1-4-20-18(21-10-17-22-12-23-25(17)2)24-14-7-8-26(11-14)15-9-13(19)5-6-16(15)27-3/h5-6,9,12,14H,4,7-8,10-11H2,1-3H3,(H2,20,21,24). The summed E-state index contributed by atoms with van der Waals surface area (Å²) in [6.45, 7) is 5.10. The summed E-state index contributed by atoms with van der Waals surface area (Å²) in [6.07, 6.45) is 2.54. The highest BCUT2D eigenvalue weighted by atomic mass is 35.5. The van der Waals surface area contributed by atoms with E-state index in [9.17, 15) is 0 Å². The third kappa shape index (κ3) is 4.82. The third-order valence-corrected chi connectivity index (χ3v) is 4.77. The molecule has 2 aromatic rings. The lowest BCUT2D eigenvalue weighted by Gasteiger charge is -2.22.